The lowest BCUT2D eigenvalue weighted by molar-refractivity contribution is -0.119. The van der Waals surface area contributed by atoms with Crippen LogP contribution in [0.3, 0.4) is 0 Å². The average Bonchev–Trinajstić information content (AvgIpc) is 3.37. The molecule has 1 amide bonds. The standard InChI is InChI=1S/C33H36ClFN4O3S/c1-22(23-8-10-25(35)11-9-23)18-32(40)39(21-31-36-16-17-38(31)4)26-12-13-29-28(20-26)30(14-15-33(29,2)3)37-43(41,42)27-7-5-6-24(34)19-27/h5-13,16-17,19-20,22,30,37H,14-15,18,21H2,1-4H3/t22-,30+/m0/s1. The van der Waals surface area contributed by atoms with Gasteiger partial charge >= 0.3 is 0 Å². The molecule has 1 aliphatic rings. The van der Waals surface area contributed by atoms with Crippen LogP contribution in [0.4, 0.5) is 10.1 Å². The first kappa shape index (κ1) is 30.9. The maximum absolute atomic E-state index is 13.9. The molecule has 0 saturated carbocycles. The molecule has 10 heteroatoms. The Morgan fingerprint density at radius 3 is 2.58 bits per heavy atom. The van der Waals surface area contributed by atoms with Crippen LogP contribution >= 0.6 is 11.6 Å². The van der Waals surface area contributed by atoms with Crippen LogP contribution in [0.1, 0.15) is 74.5 Å². The van der Waals surface area contributed by atoms with Gasteiger partial charge in [-0.15, -0.1) is 0 Å². The molecule has 0 aliphatic heterocycles. The molecule has 4 aromatic rings. The zero-order valence-corrected chi connectivity index (χ0v) is 26.3. The number of halogens is 2. The van der Waals surface area contributed by atoms with E-state index in [1.54, 1.807) is 35.4 Å². The molecule has 3 aromatic carbocycles. The molecular weight excluding hydrogens is 587 g/mol. The van der Waals surface area contributed by atoms with E-state index in [4.69, 9.17) is 11.6 Å². The van der Waals surface area contributed by atoms with Gasteiger partial charge in [-0.25, -0.2) is 22.5 Å². The first-order valence-corrected chi connectivity index (χ1v) is 16.1. The van der Waals surface area contributed by atoms with Gasteiger partial charge in [0.1, 0.15) is 11.6 Å². The Kier molecular flexibility index (Phi) is 8.79. The smallest absolute Gasteiger partial charge is 0.241 e. The van der Waals surface area contributed by atoms with Crippen molar-refractivity contribution in [2.45, 2.75) is 68.8 Å². The molecule has 0 bridgehead atoms. The predicted octanol–water partition coefficient (Wildman–Crippen LogP) is 7.03. The number of aromatic nitrogens is 2. The van der Waals surface area contributed by atoms with Crippen LogP contribution in [-0.2, 0) is 33.8 Å². The van der Waals surface area contributed by atoms with Gasteiger partial charge in [0.25, 0.3) is 0 Å². The summed E-state index contributed by atoms with van der Waals surface area (Å²) < 4.78 is 45.1. The van der Waals surface area contributed by atoms with Crippen LogP contribution in [0.25, 0.3) is 0 Å². The fraction of sp³-hybridized carbons (Fsp3) is 0.333. The quantitative estimate of drug-likeness (QED) is 0.217. The lowest BCUT2D eigenvalue weighted by atomic mass is 9.71. The van der Waals surface area contributed by atoms with Crippen molar-refractivity contribution < 1.29 is 17.6 Å². The Bertz CT molecular complexity index is 1740. The highest BCUT2D eigenvalue weighted by atomic mass is 35.5. The summed E-state index contributed by atoms with van der Waals surface area (Å²) in [6.07, 6.45) is 5.10. The molecule has 1 heterocycles. The van der Waals surface area contributed by atoms with Gasteiger partial charge in [0.2, 0.25) is 15.9 Å². The topological polar surface area (TPSA) is 84.3 Å². The summed E-state index contributed by atoms with van der Waals surface area (Å²) in [5, 5.41) is 0.341. The van der Waals surface area contributed by atoms with Gasteiger partial charge in [-0.2, -0.15) is 0 Å². The van der Waals surface area contributed by atoms with E-state index >= 15 is 0 Å². The van der Waals surface area contributed by atoms with Crippen LogP contribution in [-0.4, -0.2) is 23.9 Å². The van der Waals surface area contributed by atoms with Crippen LogP contribution < -0.4 is 9.62 Å². The van der Waals surface area contributed by atoms with E-state index in [1.807, 2.05) is 42.9 Å². The molecular formula is C33H36ClFN4O3S. The Morgan fingerprint density at radius 1 is 1.16 bits per heavy atom. The molecule has 0 saturated heterocycles. The molecule has 43 heavy (non-hydrogen) atoms. The number of aryl methyl sites for hydroxylation is 1. The fourth-order valence-corrected chi connectivity index (χ4v) is 7.28. The van der Waals surface area contributed by atoms with Crippen molar-refractivity contribution in [1.82, 2.24) is 14.3 Å². The highest BCUT2D eigenvalue weighted by Crippen LogP contribution is 2.44. The molecule has 226 valence electrons. The van der Waals surface area contributed by atoms with Gasteiger partial charge in [-0.05, 0) is 83.3 Å². The molecule has 2 atom stereocenters. The first-order chi connectivity index (χ1) is 20.3. The molecule has 7 nitrogen and oxygen atoms in total. The first-order valence-electron chi connectivity index (χ1n) is 14.3. The van der Waals surface area contributed by atoms with Crippen molar-refractivity contribution in [3.8, 4) is 0 Å². The fourth-order valence-electron chi connectivity index (χ4n) is 5.72. The lowest BCUT2D eigenvalue weighted by Gasteiger charge is -2.38. The zero-order chi connectivity index (χ0) is 30.9. The summed E-state index contributed by atoms with van der Waals surface area (Å²) in [5.74, 6) is 0.118. The number of sulfonamides is 1. The van der Waals surface area contributed by atoms with E-state index in [2.05, 4.69) is 23.6 Å². The van der Waals surface area contributed by atoms with Gasteiger partial charge in [-0.3, -0.25) is 4.79 Å². The third kappa shape index (κ3) is 6.84. The molecule has 0 unspecified atom stereocenters. The zero-order valence-electron chi connectivity index (χ0n) is 24.7. The Hall–Kier alpha value is -3.53. The third-order valence-electron chi connectivity index (χ3n) is 8.35. The number of rotatable bonds is 9. The lowest BCUT2D eigenvalue weighted by Crippen LogP contribution is -2.37. The highest BCUT2D eigenvalue weighted by Gasteiger charge is 2.36. The average molecular weight is 623 g/mol. The maximum Gasteiger partial charge on any atom is 0.241 e. The summed E-state index contributed by atoms with van der Waals surface area (Å²) in [7, 11) is -1.99. The minimum absolute atomic E-state index is 0.101. The van der Waals surface area contributed by atoms with E-state index in [9.17, 15) is 17.6 Å². The van der Waals surface area contributed by atoms with Crippen molar-refractivity contribution in [3.63, 3.8) is 0 Å². The van der Waals surface area contributed by atoms with Gasteiger partial charge in [-0.1, -0.05) is 56.6 Å². The van der Waals surface area contributed by atoms with Crippen molar-refractivity contribution in [2.75, 3.05) is 4.90 Å². The predicted molar refractivity (Wildman–Crippen MR) is 167 cm³/mol. The van der Waals surface area contributed by atoms with Crippen molar-refractivity contribution in [2.24, 2.45) is 7.05 Å². The highest BCUT2D eigenvalue weighted by molar-refractivity contribution is 7.89. The summed E-state index contributed by atoms with van der Waals surface area (Å²) in [4.78, 5) is 20.2. The number of anilines is 1. The van der Waals surface area contributed by atoms with E-state index < -0.39 is 16.1 Å². The molecule has 0 fully saturated rings. The normalized spacial score (nSPS) is 16.8. The summed E-state index contributed by atoms with van der Waals surface area (Å²) >= 11 is 6.10. The van der Waals surface area contributed by atoms with Gasteiger partial charge < -0.3 is 9.47 Å². The molecule has 0 spiro atoms. The number of amides is 1. The Labute approximate surface area is 257 Å². The maximum atomic E-state index is 13.9. The van der Waals surface area contributed by atoms with E-state index in [0.29, 0.717) is 23.0 Å². The van der Waals surface area contributed by atoms with Gasteiger partial charge in [0.05, 0.1) is 11.4 Å². The van der Waals surface area contributed by atoms with Gasteiger partial charge in [0.15, 0.2) is 0 Å². The summed E-state index contributed by atoms with van der Waals surface area (Å²) in [6, 6.07) is 17.8. The van der Waals surface area contributed by atoms with Gasteiger partial charge in [0, 0.05) is 42.6 Å². The van der Waals surface area contributed by atoms with Crippen molar-refractivity contribution >= 4 is 33.2 Å². The van der Waals surface area contributed by atoms with E-state index in [-0.39, 0.29) is 40.9 Å². The second-order valence-electron chi connectivity index (χ2n) is 11.9. The number of nitrogens with one attached hydrogen (secondary N) is 1. The van der Waals surface area contributed by atoms with Crippen molar-refractivity contribution in [1.29, 1.82) is 0 Å². The Morgan fingerprint density at radius 2 is 1.91 bits per heavy atom. The molecule has 5 rings (SSSR count). The monoisotopic (exact) mass is 622 g/mol. The number of benzene rings is 3. The molecule has 1 aromatic heterocycles. The van der Waals surface area contributed by atoms with Crippen LogP contribution in [0.15, 0.2) is 84.0 Å². The van der Waals surface area contributed by atoms with Crippen LogP contribution in [0, 0.1) is 5.82 Å². The molecule has 1 aliphatic carbocycles. The molecule has 1 N–H and O–H groups in total. The molecule has 0 radical (unpaired) electrons. The number of imidazole rings is 1. The minimum atomic E-state index is -3.86. The largest absolute Gasteiger partial charge is 0.337 e. The van der Waals surface area contributed by atoms with Crippen LogP contribution in [0.2, 0.25) is 5.02 Å². The number of carbonyl (C=O) groups excluding carboxylic acids is 1. The number of hydrogen-bond donors (Lipinski definition) is 1. The Balaban J connectivity index is 1.51. The summed E-state index contributed by atoms with van der Waals surface area (Å²) in [6.45, 7) is 6.47. The second kappa shape index (κ2) is 12.2. The number of fused-ring (bicyclic) bond motifs is 1. The number of hydrogen-bond acceptors (Lipinski definition) is 4. The van der Waals surface area contributed by atoms with E-state index in [1.165, 1.54) is 24.3 Å². The number of carbonyl (C=O) groups is 1. The SMILES string of the molecule is C[C@@H](CC(=O)N(Cc1nccn1C)c1ccc2c(c1)[C@H](NS(=O)(=O)c1cccc(Cl)c1)CCC2(C)C)c1ccc(F)cc1. The summed E-state index contributed by atoms with van der Waals surface area (Å²) in [5.41, 5.74) is 3.21. The van der Waals surface area contributed by atoms with Crippen LogP contribution in [0.5, 0.6) is 0 Å². The minimum Gasteiger partial charge on any atom is -0.337 e. The number of nitrogens with zero attached hydrogens (tertiary/aromatic N) is 3. The third-order valence-corrected chi connectivity index (χ3v) is 10.1. The van der Waals surface area contributed by atoms with Crippen molar-refractivity contribution in [3.05, 3.63) is 112 Å². The van der Waals surface area contributed by atoms with E-state index in [0.717, 1.165) is 23.1 Å². The second-order valence-corrected chi connectivity index (χ2v) is 14.1.